The Morgan fingerprint density at radius 3 is 1.62 bits per heavy atom. The van der Waals surface area contributed by atoms with Crippen LogP contribution in [-0.4, -0.2) is 0 Å². The van der Waals surface area contributed by atoms with Gasteiger partial charge in [-0.25, -0.2) is 0 Å². The number of fused-ring (bicyclic) bond motifs is 7. The van der Waals surface area contributed by atoms with E-state index in [-0.39, 0.29) is 0 Å². The van der Waals surface area contributed by atoms with E-state index in [2.05, 4.69) is 217 Å². The molecule has 0 aliphatic carbocycles. The fourth-order valence-electron chi connectivity index (χ4n) is 8.49. The summed E-state index contributed by atoms with van der Waals surface area (Å²) in [7, 11) is 0. The zero-order chi connectivity index (χ0) is 37.0. The highest BCUT2D eigenvalue weighted by atomic mass is 32.1. The summed E-state index contributed by atoms with van der Waals surface area (Å²) in [4.78, 5) is 2.43. The van der Waals surface area contributed by atoms with E-state index >= 15 is 0 Å². The van der Waals surface area contributed by atoms with E-state index in [1.807, 2.05) is 11.3 Å². The van der Waals surface area contributed by atoms with Gasteiger partial charge in [0.25, 0.3) is 0 Å². The van der Waals surface area contributed by atoms with Crippen molar-refractivity contribution in [3.8, 4) is 33.4 Å². The van der Waals surface area contributed by atoms with Crippen molar-refractivity contribution in [3.05, 3.63) is 212 Å². The first-order valence-electron chi connectivity index (χ1n) is 19.2. The molecule has 0 N–H and O–H groups in total. The topological polar surface area (TPSA) is 3.24 Å². The van der Waals surface area contributed by atoms with Crippen molar-refractivity contribution in [2.75, 3.05) is 4.90 Å². The lowest BCUT2D eigenvalue weighted by Gasteiger charge is -2.28. The van der Waals surface area contributed by atoms with Crippen LogP contribution in [0.15, 0.2) is 212 Å². The average Bonchev–Trinajstić information content (AvgIpc) is 3.62. The van der Waals surface area contributed by atoms with Crippen molar-refractivity contribution in [2.45, 2.75) is 0 Å². The standard InChI is InChI=1S/C54H35NS/c1-2-12-36(13-3-1)37-26-28-43(29-27-37)55(44-30-31-49-51-32-40-14-4-5-15-41(40)34-53(51)56-54(49)35-44)52-21-11-10-18-46(52)38-22-24-39(25-23-38)50-33-42-16-6-7-17-45(42)47-19-8-9-20-48(47)50/h1-35H. The molecule has 0 radical (unpaired) electrons. The fourth-order valence-corrected chi connectivity index (χ4v) is 9.66. The number of benzene rings is 10. The van der Waals surface area contributed by atoms with Gasteiger partial charge in [-0.2, -0.15) is 0 Å². The molecule has 11 rings (SSSR count). The quantitative estimate of drug-likeness (QED) is 0.154. The Morgan fingerprint density at radius 2 is 0.839 bits per heavy atom. The molecular weight excluding hydrogens is 695 g/mol. The van der Waals surface area contributed by atoms with Crippen LogP contribution in [0.5, 0.6) is 0 Å². The molecule has 2 heteroatoms. The Labute approximate surface area is 330 Å². The van der Waals surface area contributed by atoms with Crippen molar-refractivity contribution in [1.29, 1.82) is 0 Å². The number of anilines is 3. The number of hydrogen-bond donors (Lipinski definition) is 0. The molecule has 1 aromatic heterocycles. The van der Waals surface area contributed by atoms with E-state index in [1.54, 1.807) is 0 Å². The van der Waals surface area contributed by atoms with Gasteiger partial charge in [0.05, 0.1) is 5.69 Å². The van der Waals surface area contributed by atoms with Gasteiger partial charge in [0.15, 0.2) is 0 Å². The SMILES string of the molecule is c1ccc(-c2ccc(N(c3ccc4c(c3)sc3cc5ccccc5cc34)c3ccccc3-c3ccc(-c4cc5ccccc5c5ccccc45)cc3)cc2)cc1. The minimum absolute atomic E-state index is 1.11. The van der Waals surface area contributed by atoms with Crippen molar-refractivity contribution in [2.24, 2.45) is 0 Å². The Kier molecular flexibility index (Phi) is 7.75. The van der Waals surface area contributed by atoms with Crippen LogP contribution in [0.4, 0.5) is 17.1 Å². The second-order valence-electron chi connectivity index (χ2n) is 14.5. The maximum atomic E-state index is 2.43. The number of thiophene rings is 1. The van der Waals surface area contributed by atoms with Gasteiger partial charge in [-0.1, -0.05) is 164 Å². The molecule has 11 aromatic rings. The maximum absolute atomic E-state index is 2.43. The van der Waals surface area contributed by atoms with Crippen molar-refractivity contribution >= 4 is 80.9 Å². The molecule has 0 saturated heterocycles. The summed E-state index contributed by atoms with van der Waals surface area (Å²) in [6.07, 6.45) is 0. The third-order valence-corrected chi connectivity index (χ3v) is 12.3. The average molecular weight is 730 g/mol. The largest absolute Gasteiger partial charge is 0.310 e. The van der Waals surface area contributed by atoms with Crippen molar-refractivity contribution in [1.82, 2.24) is 0 Å². The first kappa shape index (κ1) is 32.4. The lowest BCUT2D eigenvalue weighted by Crippen LogP contribution is -2.11. The zero-order valence-corrected chi connectivity index (χ0v) is 31.4. The van der Waals surface area contributed by atoms with Gasteiger partial charge in [-0.3, -0.25) is 0 Å². The van der Waals surface area contributed by atoms with E-state index in [0.717, 1.165) is 17.1 Å². The molecule has 1 heterocycles. The van der Waals surface area contributed by atoms with Gasteiger partial charge in [0.2, 0.25) is 0 Å². The molecule has 0 aliphatic rings. The molecule has 262 valence electrons. The molecule has 1 nitrogen and oxygen atoms in total. The van der Waals surface area contributed by atoms with Crippen LogP contribution in [0, 0.1) is 0 Å². The lowest BCUT2D eigenvalue weighted by molar-refractivity contribution is 1.29. The predicted octanol–water partition coefficient (Wildman–Crippen LogP) is 16.0. The van der Waals surface area contributed by atoms with Crippen LogP contribution in [0.25, 0.3) is 85.9 Å². The van der Waals surface area contributed by atoms with Gasteiger partial charge in [-0.05, 0) is 109 Å². The Balaban J connectivity index is 1.05. The Hall–Kier alpha value is -7.00. The first-order chi connectivity index (χ1) is 27.7. The zero-order valence-electron chi connectivity index (χ0n) is 30.6. The highest BCUT2D eigenvalue weighted by molar-refractivity contribution is 7.25. The van der Waals surface area contributed by atoms with Crippen LogP contribution in [-0.2, 0) is 0 Å². The number of hydrogen-bond acceptors (Lipinski definition) is 2. The number of rotatable bonds is 6. The van der Waals surface area contributed by atoms with E-state index in [9.17, 15) is 0 Å². The van der Waals surface area contributed by atoms with Crippen LogP contribution in [0.3, 0.4) is 0 Å². The van der Waals surface area contributed by atoms with Crippen LogP contribution in [0.1, 0.15) is 0 Å². The van der Waals surface area contributed by atoms with Crippen LogP contribution in [0.2, 0.25) is 0 Å². The lowest BCUT2D eigenvalue weighted by atomic mass is 9.92. The minimum Gasteiger partial charge on any atom is -0.310 e. The predicted molar refractivity (Wildman–Crippen MR) is 243 cm³/mol. The molecule has 0 atom stereocenters. The third-order valence-electron chi connectivity index (χ3n) is 11.2. The molecule has 0 saturated carbocycles. The summed E-state index contributed by atoms with van der Waals surface area (Å²) in [5, 5.41) is 10.3. The molecule has 0 bridgehead atoms. The van der Waals surface area contributed by atoms with E-state index in [4.69, 9.17) is 0 Å². The highest BCUT2D eigenvalue weighted by Gasteiger charge is 2.19. The molecule has 56 heavy (non-hydrogen) atoms. The molecule has 0 aliphatic heterocycles. The van der Waals surface area contributed by atoms with Crippen molar-refractivity contribution in [3.63, 3.8) is 0 Å². The summed E-state index contributed by atoms with van der Waals surface area (Å²) in [6.45, 7) is 0. The third kappa shape index (κ3) is 5.54. The summed E-state index contributed by atoms with van der Waals surface area (Å²) < 4.78 is 2.59. The smallest absolute Gasteiger partial charge is 0.0540 e. The maximum Gasteiger partial charge on any atom is 0.0540 e. The van der Waals surface area contributed by atoms with Crippen LogP contribution < -0.4 is 4.90 Å². The monoisotopic (exact) mass is 729 g/mol. The Bertz CT molecular complexity index is 3230. The van der Waals surface area contributed by atoms with Gasteiger partial charge in [-0.15, -0.1) is 11.3 Å². The summed E-state index contributed by atoms with van der Waals surface area (Å²) in [5.74, 6) is 0. The summed E-state index contributed by atoms with van der Waals surface area (Å²) in [5.41, 5.74) is 10.6. The summed E-state index contributed by atoms with van der Waals surface area (Å²) >= 11 is 1.87. The second-order valence-corrected chi connectivity index (χ2v) is 15.6. The molecule has 0 amide bonds. The molecule has 10 aromatic carbocycles. The van der Waals surface area contributed by atoms with E-state index < -0.39 is 0 Å². The fraction of sp³-hybridized carbons (Fsp3) is 0. The number of nitrogens with zero attached hydrogens (tertiary/aromatic N) is 1. The van der Waals surface area contributed by atoms with Gasteiger partial charge >= 0.3 is 0 Å². The molecule has 0 spiro atoms. The van der Waals surface area contributed by atoms with E-state index in [0.29, 0.717) is 0 Å². The van der Waals surface area contributed by atoms with Crippen LogP contribution >= 0.6 is 11.3 Å². The molecule has 0 fully saturated rings. The van der Waals surface area contributed by atoms with Gasteiger partial charge in [0.1, 0.15) is 0 Å². The van der Waals surface area contributed by atoms with Gasteiger partial charge in [0, 0.05) is 37.1 Å². The van der Waals surface area contributed by atoms with Crippen molar-refractivity contribution < 1.29 is 0 Å². The van der Waals surface area contributed by atoms with E-state index in [1.165, 1.54) is 85.9 Å². The highest BCUT2D eigenvalue weighted by Crippen LogP contribution is 2.45. The summed E-state index contributed by atoms with van der Waals surface area (Å²) in [6, 6.07) is 77.7. The normalized spacial score (nSPS) is 11.6. The second kappa shape index (κ2) is 13.4. The molecular formula is C54H35NS. The number of para-hydroxylation sites is 1. The molecule has 0 unspecified atom stereocenters. The Morgan fingerprint density at radius 1 is 0.286 bits per heavy atom. The minimum atomic E-state index is 1.11. The van der Waals surface area contributed by atoms with Gasteiger partial charge < -0.3 is 4.90 Å². The first-order valence-corrected chi connectivity index (χ1v) is 20.0.